The SMILES string of the molecule is Cc1ccc(N(C)c2c3ccccc3nc3ccccc23)cc1. The molecule has 2 nitrogen and oxygen atoms in total. The van der Waals surface area contributed by atoms with Gasteiger partial charge >= 0.3 is 0 Å². The van der Waals surface area contributed by atoms with E-state index in [0.717, 1.165) is 11.0 Å². The van der Waals surface area contributed by atoms with Crippen LogP contribution in [-0.4, -0.2) is 12.0 Å². The Balaban J connectivity index is 2.04. The highest BCUT2D eigenvalue weighted by molar-refractivity contribution is 6.09. The molecule has 0 aliphatic carbocycles. The van der Waals surface area contributed by atoms with E-state index in [0.29, 0.717) is 0 Å². The number of aryl methyl sites for hydroxylation is 1. The van der Waals surface area contributed by atoms with Gasteiger partial charge in [0.15, 0.2) is 0 Å². The number of fused-ring (bicyclic) bond motifs is 2. The van der Waals surface area contributed by atoms with Gasteiger partial charge in [-0.25, -0.2) is 4.98 Å². The first-order chi connectivity index (χ1) is 11.2. The van der Waals surface area contributed by atoms with E-state index in [1.54, 1.807) is 0 Å². The quantitative estimate of drug-likeness (QED) is 0.456. The van der Waals surface area contributed by atoms with Crippen LogP contribution in [0.3, 0.4) is 0 Å². The Morgan fingerprint density at radius 1 is 0.696 bits per heavy atom. The van der Waals surface area contributed by atoms with Crippen LogP contribution in [-0.2, 0) is 0 Å². The number of aromatic nitrogens is 1. The number of para-hydroxylation sites is 2. The molecule has 1 aromatic heterocycles. The van der Waals surface area contributed by atoms with Crippen LogP contribution in [0, 0.1) is 6.92 Å². The molecule has 0 aliphatic rings. The molecule has 0 bridgehead atoms. The summed E-state index contributed by atoms with van der Waals surface area (Å²) in [5, 5.41) is 2.35. The molecule has 0 fully saturated rings. The predicted octanol–water partition coefficient (Wildman–Crippen LogP) is 5.46. The van der Waals surface area contributed by atoms with Crippen LogP contribution < -0.4 is 4.90 Å². The summed E-state index contributed by atoms with van der Waals surface area (Å²) in [6.45, 7) is 2.11. The van der Waals surface area contributed by atoms with E-state index in [1.165, 1.54) is 27.7 Å². The summed E-state index contributed by atoms with van der Waals surface area (Å²) in [5.41, 5.74) is 5.71. The third kappa shape index (κ3) is 2.33. The van der Waals surface area contributed by atoms with Crippen LogP contribution in [0.1, 0.15) is 5.56 Å². The largest absolute Gasteiger partial charge is 0.344 e. The van der Waals surface area contributed by atoms with Gasteiger partial charge in [-0.1, -0.05) is 54.1 Å². The van der Waals surface area contributed by atoms with Gasteiger partial charge < -0.3 is 4.90 Å². The van der Waals surface area contributed by atoms with Gasteiger partial charge in [0, 0.05) is 23.5 Å². The molecule has 0 radical (unpaired) electrons. The standard InChI is InChI=1S/C21H18N2/c1-15-11-13-16(14-12-15)23(2)21-17-7-3-5-9-19(17)22-20-10-6-4-8-18(20)21/h3-14H,1-2H3. The molecule has 0 saturated heterocycles. The second-order valence-electron chi connectivity index (χ2n) is 5.89. The Morgan fingerprint density at radius 3 is 1.78 bits per heavy atom. The van der Waals surface area contributed by atoms with Crippen LogP contribution in [0.25, 0.3) is 21.8 Å². The summed E-state index contributed by atoms with van der Waals surface area (Å²) in [7, 11) is 2.12. The van der Waals surface area contributed by atoms with Gasteiger partial charge in [0.2, 0.25) is 0 Å². The van der Waals surface area contributed by atoms with Gasteiger partial charge in [0.05, 0.1) is 16.7 Å². The Labute approximate surface area is 136 Å². The number of rotatable bonds is 2. The van der Waals surface area contributed by atoms with Crippen molar-refractivity contribution in [3.8, 4) is 0 Å². The van der Waals surface area contributed by atoms with Gasteiger partial charge in [0.1, 0.15) is 0 Å². The van der Waals surface area contributed by atoms with Crippen molar-refractivity contribution in [2.24, 2.45) is 0 Å². The Morgan fingerprint density at radius 2 is 1.22 bits per heavy atom. The number of hydrogen-bond donors (Lipinski definition) is 0. The van der Waals surface area contributed by atoms with Crippen molar-refractivity contribution < 1.29 is 0 Å². The Hall–Kier alpha value is -2.87. The molecule has 1 heterocycles. The normalized spacial score (nSPS) is 11.0. The van der Waals surface area contributed by atoms with Crippen LogP contribution in [0.4, 0.5) is 11.4 Å². The second kappa shape index (κ2) is 5.40. The van der Waals surface area contributed by atoms with Crippen molar-refractivity contribution in [3.63, 3.8) is 0 Å². The minimum Gasteiger partial charge on any atom is -0.344 e. The summed E-state index contributed by atoms with van der Waals surface area (Å²) in [6.07, 6.45) is 0. The number of nitrogens with zero attached hydrogens (tertiary/aromatic N) is 2. The monoisotopic (exact) mass is 298 g/mol. The average Bonchev–Trinajstić information content (AvgIpc) is 2.59. The highest BCUT2D eigenvalue weighted by Gasteiger charge is 2.13. The minimum atomic E-state index is 1.03. The van der Waals surface area contributed by atoms with Gasteiger partial charge in [0.25, 0.3) is 0 Å². The molecule has 0 saturated carbocycles. The molecular formula is C21H18N2. The molecule has 0 N–H and O–H groups in total. The maximum absolute atomic E-state index is 4.80. The van der Waals surface area contributed by atoms with Crippen molar-refractivity contribution >= 4 is 33.2 Å². The molecule has 0 amide bonds. The topological polar surface area (TPSA) is 16.1 Å². The lowest BCUT2D eigenvalue weighted by atomic mass is 10.1. The fourth-order valence-corrected chi connectivity index (χ4v) is 3.08. The lowest BCUT2D eigenvalue weighted by Gasteiger charge is -2.23. The number of anilines is 2. The number of pyridine rings is 1. The molecular weight excluding hydrogens is 280 g/mol. The zero-order chi connectivity index (χ0) is 15.8. The fraction of sp³-hybridized carbons (Fsp3) is 0.0952. The molecule has 0 aliphatic heterocycles. The molecule has 112 valence electrons. The average molecular weight is 298 g/mol. The van der Waals surface area contributed by atoms with Crippen molar-refractivity contribution in [1.29, 1.82) is 0 Å². The molecule has 3 aromatic carbocycles. The number of hydrogen-bond acceptors (Lipinski definition) is 2. The number of benzene rings is 3. The lowest BCUT2D eigenvalue weighted by molar-refractivity contribution is 1.22. The maximum atomic E-state index is 4.80. The second-order valence-corrected chi connectivity index (χ2v) is 5.89. The van der Waals surface area contributed by atoms with Crippen molar-refractivity contribution in [2.45, 2.75) is 6.92 Å². The van der Waals surface area contributed by atoms with Crippen molar-refractivity contribution in [2.75, 3.05) is 11.9 Å². The first kappa shape index (κ1) is 13.8. The maximum Gasteiger partial charge on any atom is 0.0730 e. The first-order valence-electron chi connectivity index (χ1n) is 7.82. The molecule has 4 rings (SSSR count). The van der Waals surface area contributed by atoms with Crippen molar-refractivity contribution in [1.82, 2.24) is 4.98 Å². The smallest absolute Gasteiger partial charge is 0.0730 e. The van der Waals surface area contributed by atoms with Crippen LogP contribution >= 0.6 is 0 Å². The van der Waals surface area contributed by atoms with Gasteiger partial charge in [-0.3, -0.25) is 0 Å². The van der Waals surface area contributed by atoms with Gasteiger partial charge in [-0.05, 0) is 31.2 Å². The third-order valence-corrected chi connectivity index (χ3v) is 4.32. The van der Waals surface area contributed by atoms with Crippen molar-refractivity contribution in [3.05, 3.63) is 78.4 Å². The summed E-state index contributed by atoms with van der Waals surface area (Å²) < 4.78 is 0. The fourth-order valence-electron chi connectivity index (χ4n) is 3.08. The summed E-state index contributed by atoms with van der Waals surface area (Å²) in [6, 6.07) is 25.3. The molecule has 2 heteroatoms. The van der Waals surface area contributed by atoms with Crippen LogP contribution in [0.2, 0.25) is 0 Å². The molecule has 0 atom stereocenters. The molecule has 0 spiro atoms. The predicted molar refractivity (Wildman–Crippen MR) is 98.5 cm³/mol. The highest BCUT2D eigenvalue weighted by atomic mass is 15.1. The van der Waals surface area contributed by atoms with E-state index >= 15 is 0 Å². The van der Waals surface area contributed by atoms with E-state index < -0.39 is 0 Å². The Kier molecular flexibility index (Phi) is 3.23. The Bertz CT molecular complexity index is 933. The van der Waals surface area contributed by atoms with Gasteiger partial charge in [-0.15, -0.1) is 0 Å². The van der Waals surface area contributed by atoms with Crippen LogP contribution in [0.5, 0.6) is 0 Å². The first-order valence-corrected chi connectivity index (χ1v) is 7.82. The summed E-state index contributed by atoms with van der Waals surface area (Å²) >= 11 is 0. The highest BCUT2D eigenvalue weighted by Crippen LogP contribution is 2.36. The van der Waals surface area contributed by atoms with E-state index in [4.69, 9.17) is 4.98 Å². The van der Waals surface area contributed by atoms with E-state index in [-0.39, 0.29) is 0 Å². The van der Waals surface area contributed by atoms with E-state index in [1.807, 2.05) is 12.1 Å². The summed E-state index contributed by atoms with van der Waals surface area (Å²) in [5.74, 6) is 0. The zero-order valence-corrected chi connectivity index (χ0v) is 13.3. The molecule has 4 aromatic rings. The van der Waals surface area contributed by atoms with Gasteiger partial charge in [-0.2, -0.15) is 0 Å². The minimum absolute atomic E-state index is 1.03. The zero-order valence-electron chi connectivity index (χ0n) is 13.3. The van der Waals surface area contributed by atoms with E-state index in [9.17, 15) is 0 Å². The lowest BCUT2D eigenvalue weighted by Crippen LogP contribution is -2.11. The third-order valence-electron chi connectivity index (χ3n) is 4.32. The van der Waals surface area contributed by atoms with E-state index in [2.05, 4.69) is 79.5 Å². The molecule has 0 unspecified atom stereocenters. The molecule has 23 heavy (non-hydrogen) atoms. The van der Waals surface area contributed by atoms with Crippen LogP contribution in [0.15, 0.2) is 72.8 Å². The summed E-state index contributed by atoms with van der Waals surface area (Å²) in [4.78, 5) is 7.06.